The van der Waals surface area contributed by atoms with Gasteiger partial charge in [-0.25, -0.2) is 0 Å². The third-order valence-corrected chi connectivity index (χ3v) is 7.85. The van der Waals surface area contributed by atoms with E-state index >= 15 is 0 Å². The van der Waals surface area contributed by atoms with Crippen molar-refractivity contribution >= 4 is 22.6 Å². The SMILES string of the molecule is CCOC(=O)C1CCN(c2ccc3c(-c4ccc(OCc5ccccc5)nc4OCc4ccccc4)nn(C)c3c2)CC1. The second-order valence-corrected chi connectivity index (χ2v) is 10.7. The number of aromatic nitrogens is 3. The second-order valence-electron chi connectivity index (χ2n) is 10.7. The predicted molar refractivity (Wildman–Crippen MR) is 167 cm³/mol. The number of carbonyl (C=O) groups excluding carboxylic acids is 1. The standard InChI is InChI=1S/C35H36N4O4/c1-3-41-35(40)27-18-20-39(21-19-27)28-14-15-29-31(22-28)38(2)37-33(29)30-16-17-32(42-23-25-10-6-4-7-11-25)36-34(30)43-24-26-12-8-5-9-13-26/h4-17,22,27H,3,18-21,23-24H2,1-2H3. The lowest BCUT2D eigenvalue weighted by molar-refractivity contribution is -0.148. The van der Waals surface area contributed by atoms with Crippen LogP contribution in [-0.2, 0) is 29.8 Å². The third kappa shape index (κ3) is 6.48. The Morgan fingerprint density at radius 2 is 1.53 bits per heavy atom. The average Bonchev–Trinajstić information content (AvgIpc) is 3.39. The van der Waals surface area contributed by atoms with E-state index in [2.05, 4.69) is 23.1 Å². The molecule has 0 radical (unpaired) electrons. The summed E-state index contributed by atoms with van der Waals surface area (Å²) in [5.74, 6) is 0.859. The van der Waals surface area contributed by atoms with Crippen molar-refractivity contribution in [3.63, 3.8) is 0 Å². The summed E-state index contributed by atoms with van der Waals surface area (Å²) >= 11 is 0. The molecule has 8 nitrogen and oxygen atoms in total. The highest BCUT2D eigenvalue weighted by atomic mass is 16.5. The van der Waals surface area contributed by atoms with Crippen molar-refractivity contribution in [1.82, 2.24) is 14.8 Å². The fraction of sp³-hybridized carbons (Fsp3) is 0.286. The van der Waals surface area contributed by atoms with Gasteiger partial charge in [-0.1, -0.05) is 60.7 Å². The van der Waals surface area contributed by atoms with Crippen LogP contribution in [0.5, 0.6) is 11.8 Å². The normalized spacial score (nSPS) is 13.7. The molecule has 1 saturated heterocycles. The Labute approximate surface area is 251 Å². The van der Waals surface area contributed by atoms with Gasteiger partial charge in [0.1, 0.15) is 18.9 Å². The van der Waals surface area contributed by atoms with Crippen LogP contribution in [0.4, 0.5) is 5.69 Å². The number of ether oxygens (including phenoxy) is 3. The van der Waals surface area contributed by atoms with E-state index in [1.165, 1.54) is 0 Å². The molecule has 0 amide bonds. The highest BCUT2D eigenvalue weighted by molar-refractivity contribution is 5.96. The van der Waals surface area contributed by atoms with Crippen LogP contribution in [0.15, 0.2) is 91.0 Å². The molecule has 0 unspecified atom stereocenters. The molecule has 5 aromatic rings. The molecule has 3 aromatic carbocycles. The first-order valence-electron chi connectivity index (χ1n) is 14.8. The van der Waals surface area contributed by atoms with Gasteiger partial charge in [-0.15, -0.1) is 0 Å². The van der Waals surface area contributed by atoms with Crippen LogP contribution in [0.3, 0.4) is 0 Å². The van der Waals surface area contributed by atoms with Crippen LogP contribution in [0, 0.1) is 5.92 Å². The van der Waals surface area contributed by atoms with Crippen molar-refractivity contribution < 1.29 is 19.0 Å². The van der Waals surface area contributed by atoms with Crippen molar-refractivity contribution in [2.45, 2.75) is 33.0 Å². The Bertz CT molecular complexity index is 1680. The summed E-state index contributed by atoms with van der Waals surface area (Å²) in [6, 6.07) is 30.3. The molecular weight excluding hydrogens is 540 g/mol. The van der Waals surface area contributed by atoms with E-state index in [-0.39, 0.29) is 11.9 Å². The highest BCUT2D eigenvalue weighted by Crippen LogP contribution is 2.37. The molecule has 0 spiro atoms. The maximum absolute atomic E-state index is 12.2. The number of esters is 1. The van der Waals surface area contributed by atoms with E-state index in [4.69, 9.17) is 24.3 Å². The number of hydrogen-bond donors (Lipinski definition) is 0. The highest BCUT2D eigenvalue weighted by Gasteiger charge is 2.27. The lowest BCUT2D eigenvalue weighted by Crippen LogP contribution is -2.36. The predicted octanol–water partition coefficient (Wildman–Crippen LogP) is 6.57. The van der Waals surface area contributed by atoms with Crippen molar-refractivity contribution in [2.75, 3.05) is 24.6 Å². The Kier molecular flexibility index (Phi) is 8.54. The number of aryl methyl sites for hydroxylation is 1. The largest absolute Gasteiger partial charge is 0.473 e. The molecule has 0 saturated carbocycles. The Hall–Kier alpha value is -4.85. The summed E-state index contributed by atoms with van der Waals surface area (Å²) in [6.07, 6.45) is 1.58. The number of rotatable bonds is 10. The molecule has 3 heterocycles. The van der Waals surface area contributed by atoms with E-state index in [0.29, 0.717) is 31.6 Å². The van der Waals surface area contributed by atoms with E-state index in [0.717, 1.165) is 64.9 Å². The van der Waals surface area contributed by atoms with Crippen LogP contribution < -0.4 is 14.4 Å². The Morgan fingerprint density at radius 1 is 0.860 bits per heavy atom. The Balaban J connectivity index is 1.27. The number of hydrogen-bond acceptors (Lipinski definition) is 7. The lowest BCUT2D eigenvalue weighted by Gasteiger charge is -2.32. The summed E-state index contributed by atoms with van der Waals surface area (Å²) in [4.78, 5) is 19.3. The minimum absolute atomic E-state index is 0.0234. The van der Waals surface area contributed by atoms with E-state index in [9.17, 15) is 4.79 Å². The van der Waals surface area contributed by atoms with Crippen LogP contribution in [0.2, 0.25) is 0 Å². The van der Waals surface area contributed by atoms with Gasteiger partial charge in [0.2, 0.25) is 11.8 Å². The van der Waals surface area contributed by atoms with Gasteiger partial charge in [0.15, 0.2) is 0 Å². The van der Waals surface area contributed by atoms with E-state index < -0.39 is 0 Å². The van der Waals surface area contributed by atoms with Gasteiger partial charge >= 0.3 is 5.97 Å². The monoisotopic (exact) mass is 576 g/mol. The number of fused-ring (bicyclic) bond motifs is 1. The van der Waals surface area contributed by atoms with Gasteiger partial charge in [0.25, 0.3) is 0 Å². The lowest BCUT2D eigenvalue weighted by atomic mass is 9.96. The smallest absolute Gasteiger partial charge is 0.309 e. The van der Waals surface area contributed by atoms with Gasteiger partial charge in [0.05, 0.1) is 23.6 Å². The molecule has 8 heteroatoms. The number of pyridine rings is 1. The summed E-state index contributed by atoms with van der Waals surface area (Å²) in [7, 11) is 1.96. The number of carbonyl (C=O) groups is 1. The number of benzene rings is 3. The fourth-order valence-corrected chi connectivity index (χ4v) is 5.53. The summed E-state index contributed by atoms with van der Waals surface area (Å²) < 4.78 is 19.5. The van der Waals surface area contributed by atoms with Crippen LogP contribution in [-0.4, -0.2) is 40.4 Å². The van der Waals surface area contributed by atoms with Gasteiger partial charge in [-0.2, -0.15) is 10.1 Å². The van der Waals surface area contributed by atoms with Gasteiger partial charge in [-0.05, 0) is 55.2 Å². The topological polar surface area (TPSA) is 78.7 Å². The zero-order valence-electron chi connectivity index (χ0n) is 24.6. The molecule has 0 atom stereocenters. The van der Waals surface area contributed by atoms with Crippen molar-refractivity contribution in [2.24, 2.45) is 13.0 Å². The number of nitrogens with zero attached hydrogens (tertiary/aromatic N) is 4. The first-order valence-corrected chi connectivity index (χ1v) is 14.8. The molecule has 2 aromatic heterocycles. The minimum atomic E-state index is -0.0794. The minimum Gasteiger partial charge on any atom is -0.473 e. The quantitative estimate of drug-likeness (QED) is 0.174. The van der Waals surface area contributed by atoms with Crippen molar-refractivity contribution in [3.8, 4) is 23.0 Å². The molecule has 0 bridgehead atoms. The molecular formula is C35H36N4O4. The summed E-state index contributed by atoms with van der Waals surface area (Å²) in [5, 5.41) is 5.93. The zero-order chi connectivity index (χ0) is 29.6. The maximum Gasteiger partial charge on any atom is 0.309 e. The maximum atomic E-state index is 12.2. The Morgan fingerprint density at radius 3 is 2.21 bits per heavy atom. The molecule has 43 heavy (non-hydrogen) atoms. The van der Waals surface area contributed by atoms with Gasteiger partial charge in [-0.3, -0.25) is 9.48 Å². The van der Waals surface area contributed by atoms with Crippen LogP contribution >= 0.6 is 0 Å². The first kappa shape index (κ1) is 28.3. The fourth-order valence-electron chi connectivity index (χ4n) is 5.53. The molecule has 0 aliphatic carbocycles. The molecule has 1 fully saturated rings. The van der Waals surface area contributed by atoms with Gasteiger partial charge < -0.3 is 19.1 Å². The molecule has 0 N–H and O–H groups in total. The van der Waals surface area contributed by atoms with Crippen molar-refractivity contribution in [3.05, 3.63) is 102 Å². The first-order chi connectivity index (χ1) is 21.1. The van der Waals surface area contributed by atoms with Crippen molar-refractivity contribution in [1.29, 1.82) is 0 Å². The zero-order valence-corrected chi connectivity index (χ0v) is 24.6. The third-order valence-electron chi connectivity index (χ3n) is 7.85. The molecule has 6 rings (SSSR count). The average molecular weight is 577 g/mol. The van der Waals surface area contributed by atoms with E-state index in [1.807, 2.05) is 91.4 Å². The van der Waals surface area contributed by atoms with Gasteiger partial charge in [0, 0.05) is 37.3 Å². The van der Waals surface area contributed by atoms with Crippen LogP contribution in [0.25, 0.3) is 22.2 Å². The summed E-state index contributed by atoms with van der Waals surface area (Å²) in [6.45, 7) is 4.69. The van der Waals surface area contributed by atoms with E-state index in [1.54, 1.807) is 0 Å². The number of piperidine rings is 1. The van der Waals surface area contributed by atoms with Crippen LogP contribution in [0.1, 0.15) is 30.9 Å². The molecule has 220 valence electrons. The number of anilines is 1. The summed E-state index contributed by atoms with van der Waals surface area (Å²) in [5.41, 5.74) is 5.85. The molecule has 1 aliphatic rings. The second kappa shape index (κ2) is 13.0. The molecule has 1 aliphatic heterocycles.